The number of aliphatic carboxylic acids is 2. The molecule has 6 nitrogen and oxygen atoms in total. The van der Waals surface area contributed by atoms with Gasteiger partial charge in [0.2, 0.25) is 5.91 Å². The van der Waals surface area contributed by atoms with Crippen molar-refractivity contribution in [3.63, 3.8) is 0 Å². The Kier molecular flexibility index (Phi) is 24.0. The number of hydrogen-bond donors (Lipinski definition) is 3. The van der Waals surface area contributed by atoms with Gasteiger partial charge in [-0.1, -0.05) is 51.9 Å². The summed E-state index contributed by atoms with van der Waals surface area (Å²) in [7, 11) is 0. The van der Waals surface area contributed by atoms with Gasteiger partial charge in [0.05, 0.1) is 0 Å². The van der Waals surface area contributed by atoms with Crippen molar-refractivity contribution in [1.29, 1.82) is 0 Å². The fraction of sp³-hybridized carbons (Fsp3) is 0.812. The Labute approximate surface area is 192 Å². The van der Waals surface area contributed by atoms with Crippen LogP contribution in [0.3, 0.4) is 0 Å². The van der Waals surface area contributed by atoms with Crippen LogP contribution in [0.15, 0.2) is 0 Å². The van der Waals surface area contributed by atoms with Crippen LogP contribution < -0.4 is 64.4 Å². The molecule has 0 aliphatic carbocycles. The van der Waals surface area contributed by atoms with E-state index >= 15 is 0 Å². The molecule has 3 N–H and O–H groups in total. The first-order valence-corrected chi connectivity index (χ1v) is 8.21. The van der Waals surface area contributed by atoms with Crippen LogP contribution in [-0.2, 0) is 14.4 Å². The van der Waals surface area contributed by atoms with E-state index in [4.69, 9.17) is 10.2 Å². The molecule has 0 fully saturated rings. The van der Waals surface area contributed by atoms with Gasteiger partial charge in [-0.3, -0.25) is 9.59 Å². The van der Waals surface area contributed by atoms with E-state index in [9.17, 15) is 14.4 Å². The zero-order valence-corrected chi connectivity index (χ0v) is 19.5. The third-order valence-corrected chi connectivity index (χ3v) is 3.54. The van der Waals surface area contributed by atoms with Gasteiger partial charge in [-0.25, -0.2) is 4.79 Å². The monoisotopic (exact) mass is 363 g/mol. The molecule has 24 heavy (non-hydrogen) atoms. The van der Waals surface area contributed by atoms with Crippen molar-refractivity contribution >= 4 is 17.8 Å². The average molecular weight is 363 g/mol. The number of carboxylic acids is 2. The van der Waals surface area contributed by atoms with Crippen molar-refractivity contribution in [2.75, 3.05) is 0 Å². The van der Waals surface area contributed by atoms with Crippen LogP contribution in [0.5, 0.6) is 0 Å². The molecule has 0 unspecified atom stereocenters. The molecule has 0 saturated heterocycles. The van der Waals surface area contributed by atoms with Gasteiger partial charge in [-0.2, -0.15) is 0 Å². The quantitative estimate of drug-likeness (QED) is 0.228. The molecule has 0 aromatic heterocycles. The van der Waals surface area contributed by atoms with Gasteiger partial charge in [-0.15, -0.1) is 0 Å². The topological polar surface area (TPSA) is 104 Å². The van der Waals surface area contributed by atoms with Gasteiger partial charge < -0.3 is 18.4 Å². The molecule has 0 bridgehead atoms. The number of carbonyl (C=O) groups excluding carboxylic acids is 1. The van der Waals surface area contributed by atoms with Crippen molar-refractivity contribution in [1.82, 2.24) is 5.32 Å². The summed E-state index contributed by atoms with van der Waals surface area (Å²) in [6.45, 7) is 2.18. The van der Waals surface area contributed by atoms with Gasteiger partial charge in [0, 0.05) is 12.8 Å². The van der Waals surface area contributed by atoms with Gasteiger partial charge in [0.25, 0.3) is 0 Å². The molecular weight excluding hydrogens is 332 g/mol. The molecule has 8 heteroatoms. The zero-order valence-electron chi connectivity index (χ0n) is 17.5. The van der Waals surface area contributed by atoms with Crippen LogP contribution in [0.1, 0.15) is 80.4 Å². The van der Waals surface area contributed by atoms with E-state index in [2.05, 4.69) is 12.2 Å². The number of carboxylic acid groups (broad SMARTS) is 2. The van der Waals surface area contributed by atoms with Gasteiger partial charge in [-0.05, 0) is 12.8 Å². The first kappa shape index (κ1) is 29.2. The molecule has 0 aliphatic heterocycles. The molecule has 132 valence electrons. The predicted molar refractivity (Wildman–Crippen MR) is 85.9 cm³/mol. The molecular formula is C16H31NNa2O5. The summed E-state index contributed by atoms with van der Waals surface area (Å²) in [5, 5.41) is 19.9. The van der Waals surface area contributed by atoms with Crippen LogP contribution in [0.25, 0.3) is 0 Å². The van der Waals surface area contributed by atoms with Crippen molar-refractivity contribution in [2.24, 2.45) is 0 Å². The summed E-state index contributed by atoms with van der Waals surface area (Å²) in [6.07, 6.45) is 8.92. The number of amides is 1. The normalized spacial score (nSPS) is 10.9. The minimum atomic E-state index is -1.19. The third kappa shape index (κ3) is 18.7. The Hall–Kier alpha value is 0.410. The molecule has 0 aliphatic rings. The Morgan fingerprint density at radius 3 is 1.83 bits per heavy atom. The average Bonchev–Trinajstić information content (AvgIpc) is 2.45. The van der Waals surface area contributed by atoms with E-state index in [1.807, 2.05) is 0 Å². The number of carbonyl (C=O) groups is 3. The zero-order chi connectivity index (χ0) is 16.8. The van der Waals surface area contributed by atoms with Crippen LogP contribution in [0, 0.1) is 0 Å². The van der Waals surface area contributed by atoms with Crippen molar-refractivity contribution in [2.45, 2.75) is 83.6 Å². The maximum Gasteiger partial charge on any atom is 1.00 e. The van der Waals surface area contributed by atoms with Crippen LogP contribution >= 0.6 is 0 Å². The maximum atomic E-state index is 11.7. The molecule has 0 aromatic carbocycles. The van der Waals surface area contributed by atoms with E-state index in [0.29, 0.717) is 6.42 Å². The van der Waals surface area contributed by atoms with Crippen molar-refractivity contribution < 1.29 is 86.6 Å². The smallest absolute Gasteiger partial charge is 1.00 e. The number of nitrogens with one attached hydrogen (secondary N) is 1. The number of unbranched alkanes of at least 4 members (excludes halogenated alkanes) is 7. The number of hydrogen-bond acceptors (Lipinski definition) is 3. The second-order valence-corrected chi connectivity index (χ2v) is 5.62. The standard InChI is InChI=1S/C16H29NO5.2Na.2H/c1-2-3-4-5-6-7-8-9-10-14(18)17-13(16(21)22)11-12-15(19)20;;;;/h13H,2-12H2,1H3,(H,17,18)(H,19,20)(H,21,22);;;;/q;2*+1;2*-1/t13-;;;;/m0..../s1. The molecule has 0 saturated carbocycles. The van der Waals surface area contributed by atoms with E-state index in [1.165, 1.54) is 32.1 Å². The van der Waals surface area contributed by atoms with Crippen LogP contribution in [0.2, 0.25) is 0 Å². The first-order valence-electron chi connectivity index (χ1n) is 8.21. The summed E-state index contributed by atoms with van der Waals surface area (Å²) in [5.74, 6) is -2.57. The van der Waals surface area contributed by atoms with Crippen LogP contribution in [-0.4, -0.2) is 34.1 Å². The van der Waals surface area contributed by atoms with E-state index < -0.39 is 18.0 Å². The van der Waals surface area contributed by atoms with E-state index in [1.54, 1.807) is 0 Å². The molecule has 0 aromatic rings. The second kappa shape index (κ2) is 19.7. The predicted octanol–water partition coefficient (Wildman–Crippen LogP) is -2.82. The molecule has 0 rings (SSSR count). The Bertz CT molecular complexity index is 364. The second-order valence-electron chi connectivity index (χ2n) is 5.62. The fourth-order valence-electron chi connectivity index (χ4n) is 2.21. The van der Waals surface area contributed by atoms with Gasteiger partial charge in [0.15, 0.2) is 0 Å². The molecule has 1 atom stereocenters. The molecule has 0 radical (unpaired) electrons. The summed E-state index contributed by atoms with van der Waals surface area (Å²) in [4.78, 5) is 33.0. The van der Waals surface area contributed by atoms with Gasteiger partial charge in [0.1, 0.15) is 6.04 Å². The maximum absolute atomic E-state index is 11.7. The summed E-state index contributed by atoms with van der Waals surface area (Å²) in [5.41, 5.74) is 0. The van der Waals surface area contributed by atoms with E-state index in [0.717, 1.165) is 19.3 Å². The summed E-state index contributed by atoms with van der Waals surface area (Å²) in [6, 6.07) is -1.11. The minimum Gasteiger partial charge on any atom is -1.00 e. The first-order chi connectivity index (χ1) is 10.5. The SMILES string of the molecule is CCCCCCCCCCC(=O)N[C@@H](CCC(=O)O)C(=O)O.[H-].[H-].[Na+].[Na+]. The molecule has 0 spiro atoms. The fourth-order valence-corrected chi connectivity index (χ4v) is 2.21. The minimum absolute atomic E-state index is 0. The van der Waals surface area contributed by atoms with E-state index in [-0.39, 0.29) is 80.7 Å². The van der Waals surface area contributed by atoms with Gasteiger partial charge >= 0.3 is 71.1 Å². The Morgan fingerprint density at radius 1 is 0.875 bits per heavy atom. The Balaban J connectivity index is -0.000000367. The third-order valence-electron chi connectivity index (χ3n) is 3.54. The summed E-state index contributed by atoms with van der Waals surface area (Å²) < 4.78 is 0. The summed E-state index contributed by atoms with van der Waals surface area (Å²) >= 11 is 0. The number of rotatable bonds is 14. The largest absolute Gasteiger partial charge is 1.00 e. The Morgan fingerprint density at radius 2 is 1.38 bits per heavy atom. The van der Waals surface area contributed by atoms with Crippen molar-refractivity contribution in [3.8, 4) is 0 Å². The van der Waals surface area contributed by atoms with Crippen molar-refractivity contribution in [3.05, 3.63) is 0 Å². The van der Waals surface area contributed by atoms with Crippen LogP contribution in [0.4, 0.5) is 0 Å². The molecule has 0 heterocycles. The molecule has 1 amide bonds.